The Morgan fingerprint density at radius 1 is 0.267 bits per heavy atom. The summed E-state index contributed by atoms with van der Waals surface area (Å²) >= 11 is 0. The van der Waals surface area contributed by atoms with Crippen LogP contribution in [0.3, 0.4) is 0 Å². The van der Waals surface area contributed by atoms with Crippen molar-refractivity contribution in [3.05, 3.63) is 331 Å². The van der Waals surface area contributed by atoms with E-state index in [0.717, 1.165) is 47.0 Å². The van der Waals surface area contributed by atoms with E-state index in [0.29, 0.717) is 0 Å². The van der Waals surface area contributed by atoms with Gasteiger partial charge in [0.1, 0.15) is 0 Å². The Morgan fingerprint density at radius 3 is 0.987 bits per heavy atom. The second-order valence-corrected chi connectivity index (χ2v) is 19.5. The smallest absolute Gasteiger partial charge is 0.0715 e. The summed E-state index contributed by atoms with van der Waals surface area (Å²) in [6, 6.07) is 105. The van der Waals surface area contributed by atoms with Crippen LogP contribution in [0.25, 0.3) is 50.1 Å². The van der Waals surface area contributed by atoms with E-state index >= 15 is 0 Å². The van der Waals surface area contributed by atoms with Gasteiger partial charge in [0.15, 0.2) is 0 Å². The van der Waals surface area contributed by atoms with E-state index < -0.39 is 5.41 Å². The molecule has 75 heavy (non-hydrogen) atoms. The van der Waals surface area contributed by atoms with E-state index in [-0.39, 0.29) is 0 Å². The lowest BCUT2D eigenvalue weighted by Gasteiger charge is -2.36. The fourth-order valence-corrected chi connectivity index (χ4v) is 11.6. The molecule has 0 saturated carbocycles. The molecule has 0 radical (unpaired) electrons. The molecule has 0 fully saturated rings. The van der Waals surface area contributed by atoms with E-state index in [1.807, 2.05) is 0 Å². The largest absolute Gasteiger partial charge is 0.310 e. The summed E-state index contributed by atoms with van der Waals surface area (Å²) in [5.41, 5.74) is 22.9. The molecule has 13 rings (SSSR count). The standard InChI is InChI=1S/C73H54N2/c1-5-19-53(20-6-1)57-35-43-63(44-36-57)74(64-45-37-58(38-46-64)54-21-7-2-8-22-54)67-29-17-27-61(51-67)73(71-33-15-13-31-69(71)70-32-14-16-34-72(70)73)62-28-18-30-68(52-62)75(65-47-39-59(40-48-65)55-23-9-3-10-24-55)66-49-41-60(42-50-66)56-25-11-4-12-26-56/h1-3,5-11,13-52H,4,12H2. The molecule has 0 bridgehead atoms. The molecule has 356 valence electrons. The van der Waals surface area contributed by atoms with Crippen molar-refractivity contribution in [2.75, 3.05) is 9.80 Å². The zero-order chi connectivity index (χ0) is 50.0. The van der Waals surface area contributed by atoms with Gasteiger partial charge in [-0.05, 0) is 164 Å². The molecule has 2 aliphatic carbocycles. The van der Waals surface area contributed by atoms with Crippen LogP contribution in [-0.2, 0) is 5.41 Å². The average Bonchev–Trinajstić information content (AvgIpc) is 3.81. The molecular weight excluding hydrogens is 905 g/mol. The van der Waals surface area contributed by atoms with Crippen LogP contribution in [0.2, 0.25) is 0 Å². The number of anilines is 6. The predicted molar refractivity (Wildman–Crippen MR) is 316 cm³/mol. The number of benzene rings is 11. The van der Waals surface area contributed by atoms with Crippen molar-refractivity contribution >= 4 is 39.7 Å². The van der Waals surface area contributed by atoms with E-state index in [1.165, 1.54) is 77.9 Å². The first-order valence-corrected chi connectivity index (χ1v) is 26.1. The van der Waals surface area contributed by atoms with Crippen molar-refractivity contribution in [2.45, 2.75) is 18.3 Å². The lowest BCUT2D eigenvalue weighted by atomic mass is 9.67. The Kier molecular flexibility index (Phi) is 12.0. The van der Waals surface area contributed by atoms with Crippen molar-refractivity contribution in [1.82, 2.24) is 0 Å². The highest BCUT2D eigenvalue weighted by molar-refractivity contribution is 5.89. The van der Waals surface area contributed by atoms with E-state index in [2.05, 4.69) is 313 Å². The van der Waals surface area contributed by atoms with Gasteiger partial charge in [-0.25, -0.2) is 0 Å². The molecule has 0 unspecified atom stereocenters. The summed E-state index contributed by atoms with van der Waals surface area (Å²) < 4.78 is 0. The zero-order valence-corrected chi connectivity index (χ0v) is 41.7. The van der Waals surface area contributed by atoms with E-state index in [4.69, 9.17) is 0 Å². The summed E-state index contributed by atoms with van der Waals surface area (Å²) in [4.78, 5) is 4.83. The maximum Gasteiger partial charge on any atom is 0.0715 e. The minimum absolute atomic E-state index is 0.675. The first-order valence-electron chi connectivity index (χ1n) is 26.1. The summed E-state index contributed by atoms with van der Waals surface area (Å²) in [7, 11) is 0. The van der Waals surface area contributed by atoms with Crippen LogP contribution in [-0.4, -0.2) is 0 Å². The molecule has 0 aliphatic heterocycles. The number of nitrogens with zero attached hydrogens (tertiary/aromatic N) is 2. The Morgan fingerprint density at radius 2 is 0.613 bits per heavy atom. The molecule has 0 heterocycles. The van der Waals surface area contributed by atoms with Crippen LogP contribution < -0.4 is 9.80 Å². The molecule has 0 saturated heterocycles. The highest BCUT2D eigenvalue weighted by Crippen LogP contribution is 2.57. The van der Waals surface area contributed by atoms with Gasteiger partial charge in [-0.2, -0.15) is 0 Å². The fraction of sp³-hybridized carbons (Fsp3) is 0.0411. The van der Waals surface area contributed by atoms with Crippen LogP contribution >= 0.6 is 0 Å². The zero-order valence-electron chi connectivity index (χ0n) is 41.7. The maximum absolute atomic E-state index is 2.44. The summed E-state index contributed by atoms with van der Waals surface area (Å²) in [6.45, 7) is 0. The van der Waals surface area contributed by atoms with Crippen molar-refractivity contribution in [3.8, 4) is 44.5 Å². The number of rotatable bonds is 12. The number of allylic oxidation sites excluding steroid dienone is 4. The van der Waals surface area contributed by atoms with Gasteiger partial charge < -0.3 is 9.80 Å². The molecule has 2 aliphatic rings. The molecule has 0 aromatic heterocycles. The molecular formula is C73H54N2. The summed E-state index contributed by atoms with van der Waals surface area (Å²) in [5.74, 6) is 0. The lowest BCUT2D eigenvalue weighted by molar-refractivity contribution is 0.768. The lowest BCUT2D eigenvalue weighted by Crippen LogP contribution is -2.29. The van der Waals surface area contributed by atoms with Crippen LogP contribution in [0.4, 0.5) is 34.1 Å². The van der Waals surface area contributed by atoms with E-state index in [1.54, 1.807) is 0 Å². The van der Waals surface area contributed by atoms with Gasteiger partial charge in [0.25, 0.3) is 0 Å². The van der Waals surface area contributed by atoms with E-state index in [9.17, 15) is 0 Å². The Labute approximate surface area is 441 Å². The topological polar surface area (TPSA) is 6.48 Å². The number of fused-ring (bicyclic) bond motifs is 3. The number of hydrogen-bond donors (Lipinski definition) is 0. The molecule has 11 aromatic carbocycles. The highest BCUT2D eigenvalue weighted by atomic mass is 15.1. The van der Waals surface area contributed by atoms with Gasteiger partial charge in [0, 0.05) is 34.1 Å². The fourth-order valence-electron chi connectivity index (χ4n) is 11.6. The highest BCUT2D eigenvalue weighted by Gasteiger charge is 2.46. The maximum atomic E-state index is 2.44. The Bertz CT molecular complexity index is 3710. The average molecular weight is 959 g/mol. The monoisotopic (exact) mass is 958 g/mol. The third-order valence-electron chi connectivity index (χ3n) is 15.2. The molecule has 11 aromatic rings. The van der Waals surface area contributed by atoms with Gasteiger partial charge in [0.05, 0.1) is 5.41 Å². The van der Waals surface area contributed by atoms with Crippen molar-refractivity contribution in [3.63, 3.8) is 0 Å². The second kappa shape index (κ2) is 19.8. The van der Waals surface area contributed by atoms with Crippen LogP contribution in [0.15, 0.2) is 303 Å². The second-order valence-electron chi connectivity index (χ2n) is 19.5. The van der Waals surface area contributed by atoms with Gasteiger partial charge in [-0.3, -0.25) is 0 Å². The number of hydrogen-bond acceptors (Lipinski definition) is 2. The first-order chi connectivity index (χ1) is 37.2. The van der Waals surface area contributed by atoms with Crippen LogP contribution in [0, 0.1) is 0 Å². The van der Waals surface area contributed by atoms with Crippen molar-refractivity contribution in [2.24, 2.45) is 0 Å². The van der Waals surface area contributed by atoms with Crippen LogP contribution in [0.5, 0.6) is 0 Å². The minimum atomic E-state index is -0.675. The van der Waals surface area contributed by atoms with Gasteiger partial charge in [-0.15, -0.1) is 0 Å². The summed E-state index contributed by atoms with van der Waals surface area (Å²) in [5, 5.41) is 0. The first kappa shape index (κ1) is 45.4. The third kappa shape index (κ3) is 8.47. The molecule has 0 N–H and O–H groups in total. The molecule has 0 atom stereocenters. The molecule has 2 heteroatoms. The quantitative estimate of drug-likeness (QED) is 0.120. The van der Waals surface area contributed by atoms with Gasteiger partial charge >= 0.3 is 0 Å². The predicted octanol–water partition coefficient (Wildman–Crippen LogP) is 19.7. The molecule has 0 spiro atoms. The minimum Gasteiger partial charge on any atom is -0.310 e. The Hall–Kier alpha value is -9.50. The van der Waals surface area contributed by atoms with Crippen LogP contribution in [0.1, 0.15) is 40.7 Å². The normalized spacial score (nSPS) is 13.1. The van der Waals surface area contributed by atoms with Gasteiger partial charge in [0.2, 0.25) is 0 Å². The Balaban J connectivity index is 0.985. The van der Waals surface area contributed by atoms with Crippen molar-refractivity contribution < 1.29 is 0 Å². The third-order valence-corrected chi connectivity index (χ3v) is 15.2. The van der Waals surface area contributed by atoms with Crippen molar-refractivity contribution in [1.29, 1.82) is 0 Å². The summed E-state index contributed by atoms with van der Waals surface area (Å²) in [6.07, 6.45) is 9.06. The SMILES string of the molecule is C1=CC(c2ccc(N(c3ccc(-c4ccccc4)cc3)c3cccc(C4(c5cccc(N(c6ccc(-c7ccccc7)cc6)c6ccc(-c7ccccc7)cc6)c5)c5ccccc5-c5ccccc54)c3)cc2)=CCC1. The van der Waals surface area contributed by atoms with Gasteiger partial charge in [-0.1, -0.05) is 231 Å². The molecule has 2 nitrogen and oxygen atoms in total. The molecule has 0 amide bonds.